The molecular formula is C22H24ClF3N2O4Si. The van der Waals surface area contributed by atoms with Gasteiger partial charge in [-0.25, -0.2) is 0 Å². The van der Waals surface area contributed by atoms with Crippen LogP contribution in [0.3, 0.4) is 0 Å². The van der Waals surface area contributed by atoms with Crippen LogP contribution in [-0.4, -0.2) is 34.9 Å². The Bertz CT molecular complexity index is 1250. The van der Waals surface area contributed by atoms with E-state index in [4.69, 9.17) is 21.4 Å². The number of ether oxygens (including phenoxy) is 1. The highest BCUT2D eigenvalue weighted by atomic mass is 35.5. The lowest BCUT2D eigenvalue weighted by Crippen LogP contribution is -2.23. The molecule has 0 spiro atoms. The second-order valence-electron chi connectivity index (χ2n) is 8.96. The summed E-state index contributed by atoms with van der Waals surface area (Å²) in [6.45, 7) is 6.68. The molecule has 178 valence electrons. The van der Waals surface area contributed by atoms with Gasteiger partial charge in [-0.1, -0.05) is 37.3 Å². The number of halogens is 4. The smallest absolute Gasteiger partial charge is 0.417 e. The van der Waals surface area contributed by atoms with Crippen molar-refractivity contribution in [2.75, 3.05) is 6.61 Å². The van der Waals surface area contributed by atoms with Crippen LogP contribution in [0.15, 0.2) is 41.5 Å². The van der Waals surface area contributed by atoms with E-state index in [2.05, 4.69) is 19.6 Å². The van der Waals surface area contributed by atoms with Crippen LogP contribution in [0.1, 0.15) is 5.56 Å². The van der Waals surface area contributed by atoms with Gasteiger partial charge in [0.1, 0.15) is 13.3 Å². The Morgan fingerprint density at radius 1 is 1.18 bits per heavy atom. The molecule has 0 atom stereocenters. The first-order valence-corrected chi connectivity index (χ1v) is 14.3. The number of carboxylic acid groups (broad SMARTS) is 1. The molecule has 0 saturated heterocycles. The average molecular weight is 501 g/mol. The van der Waals surface area contributed by atoms with Gasteiger partial charge in [-0.05, 0) is 29.8 Å². The fourth-order valence-electron chi connectivity index (χ4n) is 3.39. The molecule has 0 saturated carbocycles. The van der Waals surface area contributed by atoms with E-state index in [-0.39, 0.29) is 23.2 Å². The Balaban J connectivity index is 2.13. The maximum absolute atomic E-state index is 13.4. The van der Waals surface area contributed by atoms with E-state index in [1.54, 1.807) is 16.8 Å². The third-order valence-corrected chi connectivity index (χ3v) is 7.16. The molecule has 0 radical (unpaired) electrons. The molecule has 3 rings (SSSR count). The third kappa shape index (κ3) is 5.87. The SMILES string of the molecule is C[Si](C)(C)CCOCn1cc(-c2ccc(Cl)c(C(F)(F)F)c2)c2c(=O)n(CC(=O)O)ccc21. The molecule has 1 N–H and O–H groups in total. The van der Waals surface area contributed by atoms with E-state index in [0.717, 1.165) is 22.7 Å². The summed E-state index contributed by atoms with van der Waals surface area (Å²) in [5, 5.41) is 8.76. The van der Waals surface area contributed by atoms with Crippen molar-refractivity contribution in [3.05, 3.63) is 57.6 Å². The van der Waals surface area contributed by atoms with E-state index in [1.165, 1.54) is 12.3 Å². The summed E-state index contributed by atoms with van der Waals surface area (Å²) in [5.74, 6) is -1.21. The van der Waals surface area contributed by atoms with Crippen molar-refractivity contribution in [3.8, 4) is 11.1 Å². The summed E-state index contributed by atoms with van der Waals surface area (Å²) in [6, 6.07) is 5.91. The van der Waals surface area contributed by atoms with Crippen LogP contribution >= 0.6 is 11.6 Å². The van der Waals surface area contributed by atoms with Gasteiger partial charge in [0.15, 0.2) is 0 Å². The summed E-state index contributed by atoms with van der Waals surface area (Å²) in [5.41, 5.74) is -0.813. The number of fused-ring (bicyclic) bond motifs is 1. The highest BCUT2D eigenvalue weighted by Gasteiger charge is 2.33. The van der Waals surface area contributed by atoms with Crippen molar-refractivity contribution in [3.63, 3.8) is 0 Å². The Morgan fingerprint density at radius 2 is 1.88 bits per heavy atom. The fourth-order valence-corrected chi connectivity index (χ4v) is 4.38. The second-order valence-corrected chi connectivity index (χ2v) is 15.0. The van der Waals surface area contributed by atoms with Gasteiger partial charge in [-0.2, -0.15) is 13.2 Å². The van der Waals surface area contributed by atoms with Gasteiger partial charge in [0, 0.05) is 32.6 Å². The topological polar surface area (TPSA) is 73.5 Å². The lowest BCUT2D eigenvalue weighted by Gasteiger charge is -2.15. The predicted octanol–water partition coefficient (Wildman–Crippen LogP) is 5.54. The Labute approximate surface area is 194 Å². The number of aliphatic carboxylic acids is 1. The van der Waals surface area contributed by atoms with Crippen molar-refractivity contribution in [1.82, 2.24) is 9.13 Å². The molecule has 0 aliphatic carbocycles. The summed E-state index contributed by atoms with van der Waals surface area (Å²) < 4.78 is 48.7. The van der Waals surface area contributed by atoms with Crippen LogP contribution in [0.25, 0.3) is 22.0 Å². The van der Waals surface area contributed by atoms with E-state index in [9.17, 15) is 22.8 Å². The van der Waals surface area contributed by atoms with Gasteiger partial charge >= 0.3 is 12.1 Å². The van der Waals surface area contributed by atoms with E-state index in [0.29, 0.717) is 12.1 Å². The summed E-state index contributed by atoms with van der Waals surface area (Å²) >= 11 is 5.75. The van der Waals surface area contributed by atoms with E-state index >= 15 is 0 Å². The first kappa shape index (κ1) is 25.1. The zero-order valence-corrected chi connectivity index (χ0v) is 20.1. The lowest BCUT2D eigenvalue weighted by atomic mass is 10.0. The standard InChI is InChI=1S/C22H24ClF3N2O4Si/c1-33(2,3)9-8-32-13-28-11-15(14-4-5-17(23)16(10-14)22(24,25)26)20-18(28)6-7-27(21(20)31)12-19(29)30/h4-7,10-11H,8-9,12-13H2,1-3H3,(H,29,30). The van der Waals surface area contributed by atoms with Crippen molar-refractivity contribution in [1.29, 1.82) is 0 Å². The minimum absolute atomic E-state index is 0.100. The lowest BCUT2D eigenvalue weighted by molar-refractivity contribution is -0.138. The first-order valence-electron chi connectivity index (χ1n) is 10.2. The number of benzene rings is 1. The zero-order chi connectivity index (χ0) is 24.6. The molecule has 0 amide bonds. The van der Waals surface area contributed by atoms with Crippen LogP contribution in [0.2, 0.25) is 30.7 Å². The van der Waals surface area contributed by atoms with Crippen molar-refractivity contribution in [2.45, 2.75) is 45.1 Å². The Hall–Kier alpha value is -2.56. The minimum Gasteiger partial charge on any atom is -0.480 e. The number of hydrogen-bond acceptors (Lipinski definition) is 3. The molecule has 2 aromatic heterocycles. The molecule has 1 aromatic carbocycles. The number of aromatic nitrogens is 2. The maximum Gasteiger partial charge on any atom is 0.417 e. The van der Waals surface area contributed by atoms with Gasteiger partial charge in [-0.15, -0.1) is 0 Å². The van der Waals surface area contributed by atoms with Crippen molar-refractivity contribution < 1.29 is 27.8 Å². The van der Waals surface area contributed by atoms with E-state index in [1.807, 2.05) is 0 Å². The first-order chi connectivity index (χ1) is 15.3. The number of carboxylic acids is 1. The molecule has 2 heterocycles. The van der Waals surface area contributed by atoms with E-state index < -0.39 is 42.9 Å². The number of hydrogen-bond donors (Lipinski definition) is 1. The molecule has 0 aliphatic rings. The van der Waals surface area contributed by atoms with Gasteiger partial charge < -0.3 is 19.0 Å². The monoisotopic (exact) mass is 500 g/mol. The molecule has 11 heteroatoms. The molecule has 0 aliphatic heterocycles. The molecule has 0 unspecified atom stereocenters. The predicted molar refractivity (Wildman–Crippen MR) is 123 cm³/mol. The zero-order valence-electron chi connectivity index (χ0n) is 18.4. The molecule has 3 aromatic rings. The summed E-state index contributed by atoms with van der Waals surface area (Å²) in [7, 11) is -1.32. The second kappa shape index (κ2) is 9.36. The van der Waals surface area contributed by atoms with Crippen LogP contribution < -0.4 is 5.56 Å². The van der Waals surface area contributed by atoms with Crippen LogP contribution in [0.4, 0.5) is 13.2 Å². The van der Waals surface area contributed by atoms with Gasteiger partial charge in [0.2, 0.25) is 0 Å². The van der Waals surface area contributed by atoms with Crippen LogP contribution in [-0.2, 0) is 29.0 Å². The number of carbonyl (C=O) groups is 1. The average Bonchev–Trinajstić information content (AvgIpc) is 3.05. The van der Waals surface area contributed by atoms with Gasteiger partial charge in [-0.3, -0.25) is 9.59 Å². The quantitative estimate of drug-likeness (QED) is 0.325. The van der Waals surface area contributed by atoms with Gasteiger partial charge in [0.25, 0.3) is 5.56 Å². The number of alkyl halides is 3. The van der Waals surface area contributed by atoms with Crippen LogP contribution in [0, 0.1) is 0 Å². The largest absolute Gasteiger partial charge is 0.480 e. The normalized spacial score (nSPS) is 12.5. The minimum atomic E-state index is -4.67. The maximum atomic E-state index is 13.4. The fraction of sp³-hybridized carbons (Fsp3) is 0.364. The summed E-state index contributed by atoms with van der Waals surface area (Å²) in [4.78, 5) is 24.2. The third-order valence-electron chi connectivity index (χ3n) is 5.12. The number of rotatable bonds is 8. The molecule has 0 bridgehead atoms. The molecule has 6 nitrogen and oxygen atoms in total. The summed E-state index contributed by atoms with van der Waals surface area (Å²) in [6.07, 6.45) is -1.77. The Morgan fingerprint density at radius 3 is 2.48 bits per heavy atom. The number of pyridine rings is 1. The van der Waals surface area contributed by atoms with Crippen molar-refractivity contribution in [2.24, 2.45) is 0 Å². The molecule has 33 heavy (non-hydrogen) atoms. The highest BCUT2D eigenvalue weighted by molar-refractivity contribution is 6.76. The highest BCUT2D eigenvalue weighted by Crippen LogP contribution is 2.38. The Kier molecular flexibility index (Phi) is 7.11. The molecular weight excluding hydrogens is 477 g/mol. The number of nitrogens with zero attached hydrogens (tertiary/aromatic N) is 2. The van der Waals surface area contributed by atoms with Crippen molar-refractivity contribution >= 4 is 36.5 Å². The molecule has 0 fully saturated rings. The van der Waals surface area contributed by atoms with Gasteiger partial charge in [0.05, 0.1) is 21.5 Å². The van der Waals surface area contributed by atoms with Crippen LogP contribution in [0.5, 0.6) is 0 Å².